The van der Waals surface area contributed by atoms with Crippen LogP contribution in [0.25, 0.3) is 6.08 Å². The fraction of sp³-hybridized carbons (Fsp3) is 0.111. The summed E-state index contributed by atoms with van der Waals surface area (Å²) in [6.07, 6.45) is 1.60. The Hall–Kier alpha value is -2.30. The number of hydrogen-bond acceptors (Lipinski definition) is 4. The molecule has 0 radical (unpaired) electrons. The van der Waals surface area contributed by atoms with Gasteiger partial charge in [-0.25, -0.2) is 0 Å². The number of benzene rings is 2. The molecular weight excluding hydrogens is 351 g/mol. The summed E-state index contributed by atoms with van der Waals surface area (Å²) in [5.74, 6) is 0.730. The van der Waals surface area contributed by atoms with Gasteiger partial charge in [-0.1, -0.05) is 29.3 Å². The van der Waals surface area contributed by atoms with E-state index in [4.69, 9.17) is 32.7 Å². The first-order valence-corrected chi connectivity index (χ1v) is 7.85. The summed E-state index contributed by atoms with van der Waals surface area (Å²) in [5.41, 5.74) is 1.14. The van der Waals surface area contributed by atoms with Crippen molar-refractivity contribution in [2.75, 3.05) is 6.61 Å². The minimum absolute atomic E-state index is 0.0291. The Labute approximate surface area is 148 Å². The van der Waals surface area contributed by atoms with E-state index in [1.807, 2.05) is 0 Å². The second-order valence-electron chi connectivity index (χ2n) is 5.26. The summed E-state index contributed by atoms with van der Waals surface area (Å²) >= 11 is 11.9. The monoisotopic (exact) mass is 362 g/mol. The van der Waals surface area contributed by atoms with Gasteiger partial charge in [0.15, 0.2) is 11.5 Å². The van der Waals surface area contributed by atoms with E-state index >= 15 is 0 Å². The van der Waals surface area contributed by atoms with E-state index in [0.29, 0.717) is 32.7 Å². The van der Waals surface area contributed by atoms with Gasteiger partial charge in [-0.2, -0.15) is 0 Å². The maximum absolute atomic E-state index is 12.4. The quantitative estimate of drug-likeness (QED) is 0.747. The van der Waals surface area contributed by atoms with Crippen LogP contribution < -0.4 is 9.47 Å². The zero-order valence-electron chi connectivity index (χ0n) is 12.6. The number of ketones is 2. The molecule has 24 heavy (non-hydrogen) atoms. The predicted molar refractivity (Wildman–Crippen MR) is 92.0 cm³/mol. The molecule has 1 aliphatic rings. The molecule has 0 saturated heterocycles. The maximum Gasteiger partial charge on any atom is 0.231 e. The number of hydrogen-bond donors (Lipinski definition) is 0. The topological polar surface area (TPSA) is 52.6 Å². The van der Waals surface area contributed by atoms with Crippen LogP contribution in [-0.2, 0) is 4.79 Å². The lowest BCUT2D eigenvalue weighted by Crippen LogP contribution is -2.06. The van der Waals surface area contributed by atoms with E-state index in [2.05, 4.69) is 0 Å². The molecule has 0 aliphatic carbocycles. The van der Waals surface area contributed by atoms with Crippen LogP contribution in [0.2, 0.25) is 10.0 Å². The highest BCUT2D eigenvalue weighted by Gasteiger charge is 2.27. The third-order valence-corrected chi connectivity index (χ3v) is 4.06. The van der Waals surface area contributed by atoms with Crippen molar-refractivity contribution in [2.24, 2.45) is 0 Å². The highest BCUT2D eigenvalue weighted by Crippen LogP contribution is 2.35. The molecule has 3 rings (SSSR count). The van der Waals surface area contributed by atoms with Crippen molar-refractivity contribution in [3.8, 4) is 11.5 Å². The number of rotatable bonds is 4. The van der Waals surface area contributed by atoms with Crippen LogP contribution in [0, 0.1) is 0 Å². The largest absolute Gasteiger partial charge is 0.486 e. The minimum atomic E-state index is -0.228. The summed E-state index contributed by atoms with van der Waals surface area (Å²) in [6, 6.07) is 9.87. The molecule has 6 heteroatoms. The summed E-state index contributed by atoms with van der Waals surface area (Å²) < 4.78 is 10.9. The Kier molecular flexibility index (Phi) is 4.60. The van der Waals surface area contributed by atoms with Gasteiger partial charge in [-0.3, -0.25) is 9.59 Å². The summed E-state index contributed by atoms with van der Waals surface area (Å²) in [5, 5.41) is 0.835. The Morgan fingerprint density at radius 2 is 1.96 bits per heavy atom. The Bertz CT molecular complexity index is 871. The third-order valence-electron chi connectivity index (χ3n) is 3.32. The van der Waals surface area contributed by atoms with Crippen LogP contribution in [0.15, 0.2) is 42.2 Å². The van der Waals surface area contributed by atoms with Gasteiger partial charge in [0.2, 0.25) is 5.78 Å². The molecule has 0 N–H and O–H groups in total. The molecule has 0 unspecified atom stereocenters. The molecule has 0 bridgehead atoms. The number of fused-ring (bicyclic) bond motifs is 1. The number of halogens is 2. The number of carbonyl (C=O) groups is 2. The highest BCUT2D eigenvalue weighted by atomic mass is 35.5. The van der Waals surface area contributed by atoms with Crippen molar-refractivity contribution in [1.82, 2.24) is 0 Å². The summed E-state index contributed by atoms with van der Waals surface area (Å²) in [6.45, 7) is 1.41. The van der Waals surface area contributed by atoms with Crippen molar-refractivity contribution >= 4 is 40.8 Å². The fourth-order valence-electron chi connectivity index (χ4n) is 2.20. The summed E-state index contributed by atoms with van der Waals surface area (Å²) in [7, 11) is 0. The second kappa shape index (κ2) is 6.67. The standard InChI is InChI=1S/C18H12Cl2O4/c1-10(21)9-23-12-3-4-13-16(8-12)24-17(18(13)22)7-11-2-5-14(19)15(20)6-11/h2-8H,9H2,1H3/b17-7-. The van der Waals surface area contributed by atoms with E-state index < -0.39 is 0 Å². The lowest BCUT2D eigenvalue weighted by Gasteiger charge is -2.05. The molecule has 0 aromatic heterocycles. The van der Waals surface area contributed by atoms with Crippen LogP contribution in [0.5, 0.6) is 11.5 Å². The minimum Gasteiger partial charge on any atom is -0.486 e. The maximum atomic E-state index is 12.4. The van der Waals surface area contributed by atoms with Crippen LogP contribution in [0.1, 0.15) is 22.8 Å². The van der Waals surface area contributed by atoms with Gasteiger partial charge in [-0.15, -0.1) is 0 Å². The van der Waals surface area contributed by atoms with Crippen LogP contribution in [0.3, 0.4) is 0 Å². The number of carbonyl (C=O) groups excluding carboxylic acids is 2. The van der Waals surface area contributed by atoms with Gasteiger partial charge >= 0.3 is 0 Å². The van der Waals surface area contributed by atoms with E-state index in [-0.39, 0.29) is 23.9 Å². The molecule has 1 aliphatic heterocycles. The van der Waals surface area contributed by atoms with Crippen molar-refractivity contribution in [3.63, 3.8) is 0 Å². The van der Waals surface area contributed by atoms with Crippen molar-refractivity contribution in [2.45, 2.75) is 6.92 Å². The smallest absolute Gasteiger partial charge is 0.231 e. The van der Waals surface area contributed by atoms with Crippen molar-refractivity contribution in [3.05, 3.63) is 63.3 Å². The molecule has 0 fully saturated rings. The lowest BCUT2D eigenvalue weighted by atomic mass is 10.1. The zero-order chi connectivity index (χ0) is 17.3. The molecule has 122 valence electrons. The molecule has 1 heterocycles. The summed E-state index contributed by atoms with van der Waals surface area (Å²) in [4.78, 5) is 23.4. The first kappa shape index (κ1) is 16.6. The van der Waals surface area contributed by atoms with Crippen molar-refractivity contribution in [1.29, 1.82) is 0 Å². The van der Waals surface area contributed by atoms with Crippen molar-refractivity contribution < 1.29 is 19.1 Å². The van der Waals surface area contributed by atoms with Gasteiger partial charge in [0, 0.05) is 6.07 Å². The Morgan fingerprint density at radius 3 is 2.67 bits per heavy atom. The Balaban J connectivity index is 1.85. The average Bonchev–Trinajstić information content (AvgIpc) is 2.84. The SMILES string of the molecule is CC(=O)COc1ccc2c(c1)O/C(=C\c1ccc(Cl)c(Cl)c1)C2=O. The average molecular weight is 363 g/mol. The van der Waals surface area contributed by atoms with E-state index in [0.717, 1.165) is 0 Å². The van der Waals surface area contributed by atoms with Gasteiger partial charge in [-0.05, 0) is 42.8 Å². The number of allylic oxidation sites excluding steroid dienone is 1. The molecule has 0 atom stereocenters. The normalized spacial score (nSPS) is 14.5. The van der Waals surface area contributed by atoms with Crippen LogP contribution >= 0.6 is 23.2 Å². The van der Waals surface area contributed by atoms with Gasteiger partial charge in [0.1, 0.15) is 18.1 Å². The molecule has 2 aromatic carbocycles. The molecule has 0 amide bonds. The van der Waals surface area contributed by atoms with Gasteiger partial charge in [0.05, 0.1) is 15.6 Å². The first-order valence-electron chi connectivity index (χ1n) is 7.09. The van der Waals surface area contributed by atoms with E-state index in [1.54, 1.807) is 42.5 Å². The van der Waals surface area contributed by atoms with Gasteiger partial charge in [0.25, 0.3) is 0 Å². The fourth-order valence-corrected chi connectivity index (χ4v) is 2.50. The number of Topliss-reactive ketones (excluding diaryl/α,β-unsaturated/α-hetero) is 2. The molecule has 0 spiro atoms. The zero-order valence-corrected chi connectivity index (χ0v) is 14.1. The Morgan fingerprint density at radius 1 is 1.17 bits per heavy atom. The van der Waals surface area contributed by atoms with E-state index in [1.165, 1.54) is 6.92 Å². The van der Waals surface area contributed by atoms with Crippen LogP contribution in [-0.4, -0.2) is 18.2 Å². The van der Waals surface area contributed by atoms with E-state index in [9.17, 15) is 9.59 Å². The second-order valence-corrected chi connectivity index (χ2v) is 6.08. The number of ether oxygens (including phenoxy) is 2. The first-order chi connectivity index (χ1) is 11.4. The van der Waals surface area contributed by atoms with Gasteiger partial charge < -0.3 is 9.47 Å². The molecule has 2 aromatic rings. The van der Waals surface area contributed by atoms with Crippen LogP contribution in [0.4, 0.5) is 0 Å². The molecule has 4 nitrogen and oxygen atoms in total. The molecular formula is C18H12Cl2O4. The predicted octanol–water partition coefficient (Wildman–Crippen LogP) is 4.58. The third kappa shape index (κ3) is 3.45. The lowest BCUT2D eigenvalue weighted by molar-refractivity contribution is -0.118. The molecule has 0 saturated carbocycles. The highest BCUT2D eigenvalue weighted by molar-refractivity contribution is 6.42.